The number of nitrogens with zero attached hydrogens (tertiary/aromatic N) is 1. The number of rotatable bonds is 5. The molecule has 0 bridgehead atoms. The Bertz CT molecular complexity index is 749. The molecule has 23 heavy (non-hydrogen) atoms. The number of methoxy groups -OCH3 is 1. The van der Waals surface area contributed by atoms with Crippen LogP contribution in [0.2, 0.25) is 0 Å². The van der Waals surface area contributed by atoms with Gasteiger partial charge in [0, 0.05) is 7.05 Å². The van der Waals surface area contributed by atoms with E-state index in [-0.39, 0.29) is 29.2 Å². The quantitative estimate of drug-likeness (QED) is 0.877. The lowest BCUT2D eigenvalue weighted by molar-refractivity contribution is 0.0694. The number of benzene rings is 1. The van der Waals surface area contributed by atoms with Gasteiger partial charge in [-0.25, -0.2) is 4.79 Å². The predicted molar refractivity (Wildman–Crippen MR) is 80.9 cm³/mol. The van der Waals surface area contributed by atoms with Crippen molar-refractivity contribution in [1.82, 2.24) is 4.90 Å². The zero-order valence-corrected chi connectivity index (χ0v) is 13.0. The molecule has 7 nitrogen and oxygen atoms in total. The van der Waals surface area contributed by atoms with Crippen LogP contribution in [0.4, 0.5) is 0 Å². The van der Waals surface area contributed by atoms with E-state index in [4.69, 9.17) is 14.3 Å². The number of hydrogen-bond acceptors (Lipinski definition) is 5. The van der Waals surface area contributed by atoms with Crippen molar-refractivity contribution in [2.45, 2.75) is 13.5 Å². The number of aryl methyl sites for hydroxylation is 1. The molecule has 1 heterocycles. The molecule has 0 saturated heterocycles. The van der Waals surface area contributed by atoms with Gasteiger partial charge < -0.3 is 24.3 Å². The first-order valence-corrected chi connectivity index (χ1v) is 6.78. The number of carboxylic acid groups (broad SMARTS) is 1. The number of amides is 1. The molecule has 0 saturated carbocycles. The van der Waals surface area contributed by atoms with E-state index in [1.807, 2.05) is 0 Å². The highest BCUT2D eigenvalue weighted by Gasteiger charge is 2.20. The van der Waals surface area contributed by atoms with Gasteiger partial charge in [-0.15, -0.1) is 0 Å². The summed E-state index contributed by atoms with van der Waals surface area (Å²) in [5, 5.41) is 18.8. The Kier molecular flexibility index (Phi) is 4.59. The van der Waals surface area contributed by atoms with E-state index in [1.54, 1.807) is 13.0 Å². The Balaban J connectivity index is 2.20. The largest absolute Gasteiger partial charge is 0.507 e. The van der Waals surface area contributed by atoms with E-state index in [1.165, 1.54) is 37.3 Å². The van der Waals surface area contributed by atoms with Crippen LogP contribution in [0.5, 0.6) is 11.5 Å². The lowest BCUT2D eigenvalue weighted by Gasteiger charge is -2.17. The number of aromatic carboxylic acids is 1. The molecule has 7 heteroatoms. The second-order valence-corrected chi connectivity index (χ2v) is 5.03. The van der Waals surface area contributed by atoms with Gasteiger partial charge in [0.25, 0.3) is 5.91 Å². The molecule has 0 radical (unpaired) electrons. The first-order chi connectivity index (χ1) is 10.8. The standard InChI is InChI=1S/C16H17NO6/c1-9-12(16(20)21)7-11(23-9)8-17(2)15(19)13-6-10(22-3)4-5-14(13)18/h4-7,18H,8H2,1-3H3,(H,20,21). The molecule has 0 aliphatic carbocycles. The third-order valence-electron chi connectivity index (χ3n) is 3.37. The number of phenols is 1. The smallest absolute Gasteiger partial charge is 0.339 e. The fraction of sp³-hybridized carbons (Fsp3) is 0.250. The highest BCUT2D eigenvalue weighted by atomic mass is 16.5. The van der Waals surface area contributed by atoms with Crippen LogP contribution in [0.3, 0.4) is 0 Å². The minimum atomic E-state index is -1.09. The van der Waals surface area contributed by atoms with Gasteiger partial charge in [-0.05, 0) is 31.2 Å². The number of carbonyl (C=O) groups is 2. The normalized spacial score (nSPS) is 10.4. The molecule has 0 aliphatic rings. The highest BCUT2D eigenvalue weighted by molar-refractivity contribution is 5.97. The first-order valence-electron chi connectivity index (χ1n) is 6.78. The van der Waals surface area contributed by atoms with Crippen LogP contribution in [-0.2, 0) is 6.54 Å². The van der Waals surface area contributed by atoms with Gasteiger partial charge in [0.15, 0.2) is 0 Å². The Morgan fingerprint density at radius 1 is 1.26 bits per heavy atom. The molecule has 2 aromatic rings. The number of aromatic hydroxyl groups is 1. The number of carbonyl (C=O) groups excluding carboxylic acids is 1. The second kappa shape index (κ2) is 6.43. The van der Waals surface area contributed by atoms with E-state index >= 15 is 0 Å². The van der Waals surface area contributed by atoms with Gasteiger partial charge in [-0.3, -0.25) is 4.79 Å². The van der Waals surface area contributed by atoms with Crippen molar-refractivity contribution in [2.75, 3.05) is 14.2 Å². The van der Waals surface area contributed by atoms with Crippen LogP contribution >= 0.6 is 0 Å². The van der Waals surface area contributed by atoms with Crippen molar-refractivity contribution in [1.29, 1.82) is 0 Å². The maximum absolute atomic E-state index is 12.4. The van der Waals surface area contributed by atoms with E-state index in [0.29, 0.717) is 11.5 Å². The third kappa shape index (κ3) is 3.45. The fourth-order valence-electron chi connectivity index (χ4n) is 2.16. The van der Waals surface area contributed by atoms with Gasteiger partial charge in [0.1, 0.15) is 28.6 Å². The highest BCUT2D eigenvalue weighted by Crippen LogP contribution is 2.25. The summed E-state index contributed by atoms with van der Waals surface area (Å²) in [7, 11) is 2.99. The summed E-state index contributed by atoms with van der Waals surface area (Å²) in [4.78, 5) is 24.7. The zero-order valence-electron chi connectivity index (χ0n) is 13.0. The molecular formula is C16H17NO6. The molecule has 1 aromatic carbocycles. The lowest BCUT2D eigenvalue weighted by atomic mass is 10.1. The van der Waals surface area contributed by atoms with E-state index in [2.05, 4.69) is 0 Å². The molecule has 2 rings (SSSR count). The van der Waals surface area contributed by atoms with E-state index in [9.17, 15) is 14.7 Å². The summed E-state index contributed by atoms with van der Waals surface area (Å²) in [5.74, 6) is -0.619. The maximum Gasteiger partial charge on any atom is 0.339 e. The number of phenolic OH excluding ortho intramolecular Hbond substituents is 1. The Morgan fingerprint density at radius 3 is 2.52 bits per heavy atom. The number of furan rings is 1. The van der Waals surface area contributed by atoms with Crippen LogP contribution in [0.25, 0.3) is 0 Å². The van der Waals surface area contributed by atoms with Crippen LogP contribution in [0, 0.1) is 6.92 Å². The predicted octanol–water partition coefficient (Wildman–Crippen LogP) is 2.27. The topological polar surface area (TPSA) is 100 Å². The second-order valence-electron chi connectivity index (χ2n) is 5.03. The Morgan fingerprint density at radius 2 is 1.96 bits per heavy atom. The summed E-state index contributed by atoms with van der Waals surface area (Å²) in [6, 6.07) is 5.73. The molecule has 1 amide bonds. The van der Waals surface area contributed by atoms with Crippen LogP contribution in [0.15, 0.2) is 28.7 Å². The molecule has 122 valence electrons. The summed E-state index contributed by atoms with van der Waals surface area (Å²) in [5.41, 5.74) is 0.152. The summed E-state index contributed by atoms with van der Waals surface area (Å²) >= 11 is 0. The monoisotopic (exact) mass is 319 g/mol. The SMILES string of the molecule is COc1ccc(O)c(C(=O)N(C)Cc2cc(C(=O)O)c(C)o2)c1. The van der Waals surface area contributed by atoms with Gasteiger partial charge in [0.05, 0.1) is 19.2 Å². The molecule has 0 unspecified atom stereocenters. The minimum Gasteiger partial charge on any atom is -0.507 e. The van der Waals surface area contributed by atoms with Gasteiger partial charge in [-0.1, -0.05) is 0 Å². The molecule has 2 N–H and O–H groups in total. The molecule has 0 atom stereocenters. The van der Waals surface area contributed by atoms with Crippen molar-refractivity contribution in [3.8, 4) is 11.5 Å². The van der Waals surface area contributed by atoms with Gasteiger partial charge >= 0.3 is 5.97 Å². The molecule has 0 spiro atoms. The van der Waals surface area contributed by atoms with Crippen molar-refractivity contribution in [2.24, 2.45) is 0 Å². The van der Waals surface area contributed by atoms with Crippen molar-refractivity contribution in [3.63, 3.8) is 0 Å². The van der Waals surface area contributed by atoms with Crippen molar-refractivity contribution < 1.29 is 29.0 Å². The van der Waals surface area contributed by atoms with Gasteiger partial charge in [0.2, 0.25) is 0 Å². The molecule has 1 aromatic heterocycles. The third-order valence-corrected chi connectivity index (χ3v) is 3.37. The first kappa shape index (κ1) is 16.4. The van der Waals surface area contributed by atoms with E-state index < -0.39 is 11.9 Å². The average Bonchev–Trinajstić information content (AvgIpc) is 2.87. The number of carboxylic acids is 1. The number of hydrogen-bond donors (Lipinski definition) is 2. The number of ether oxygens (including phenoxy) is 1. The van der Waals surface area contributed by atoms with Crippen LogP contribution < -0.4 is 4.74 Å². The molecule has 0 aliphatic heterocycles. The summed E-state index contributed by atoms with van der Waals surface area (Å²) in [6.07, 6.45) is 0. The van der Waals surface area contributed by atoms with Crippen molar-refractivity contribution >= 4 is 11.9 Å². The summed E-state index contributed by atoms with van der Waals surface area (Å²) < 4.78 is 10.4. The van der Waals surface area contributed by atoms with Crippen LogP contribution in [-0.4, -0.2) is 41.1 Å². The van der Waals surface area contributed by atoms with Crippen molar-refractivity contribution in [3.05, 3.63) is 46.9 Å². The van der Waals surface area contributed by atoms with Crippen LogP contribution in [0.1, 0.15) is 32.2 Å². The maximum atomic E-state index is 12.4. The van der Waals surface area contributed by atoms with E-state index in [0.717, 1.165) is 0 Å². The minimum absolute atomic E-state index is 0.0603. The molecule has 0 fully saturated rings. The lowest BCUT2D eigenvalue weighted by Crippen LogP contribution is -2.26. The fourth-order valence-corrected chi connectivity index (χ4v) is 2.16. The Labute approximate surface area is 132 Å². The summed E-state index contributed by atoms with van der Waals surface area (Å²) in [6.45, 7) is 1.62. The van der Waals surface area contributed by atoms with Gasteiger partial charge in [-0.2, -0.15) is 0 Å². The zero-order chi connectivity index (χ0) is 17.1. The molecular weight excluding hydrogens is 302 g/mol. The average molecular weight is 319 g/mol. The Hall–Kier alpha value is -2.96.